The summed E-state index contributed by atoms with van der Waals surface area (Å²) in [5, 5.41) is 17.3. The number of unbranched alkanes of at least 4 members (excludes halogenated alkanes) is 1. The lowest BCUT2D eigenvalue weighted by Gasteiger charge is -2.25. The lowest BCUT2D eigenvalue weighted by molar-refractivity contribution is 0.0755. The molecule has 2 atom stereocenters. The minimum atomic E-state index is -1.07. The van der Waals surface area contributed by atoms with Crippen molar-refractivity contribution in [2.45, 2.75) is 84.9 Å². The summed E-state index contributed by atoms with van der Waals surface area (Å²) in [5.74, 6) is -2.08. The summed E-state index contributed by atoms with van der Waals surface area (Å²) in [5.41, 5.74) is 4.10. The third-order valence-electron chi connectivity index (χ3n) is 7.51. The zero-order chi connectivity index (χ0) is 32.1. The van der Waals surface area contributed by atoms with Gasteiger partial charge in [0.1, 0.15) is 11.6 Å². The Balaban J connectivity index is 1.78. The molecule has 2 amide bonds. The van der Waals surface area contributed by atoms with Gasteiger partial charge in [-0.1, -0.05) is 51.5 Å². The Morgan fingerprint density at radius 2 is 1.50 bits per heavy atom. The highest BCUT2D eigenvalue weighted by Gasteiger charge is 2.24. The molecule has 0 saturated heterocycles. The number of carbonyl (C=O) groups is 2. The third kappa shape index (κ3) is 10.8. The number of hydrogen-bond donors (Lipinski definition) is 3. The second kappa shape index (κ2) is 17.6. The van der Waals surface area contributed by atoms with Crippen LogP contribution in [0.3, 0.4) is 0 Å². The molecule has 0 aliphatic rings. The van der Waals surface area contributed by atoms with Crippen LogP contribution in [0.15, 0.2) is 60.7 Å². The molecule has 8 heteroatoms. The van der Waals surface area contributed by atoms with Gasteiger partial charge in [-0.25, -0.2) is 8.78 Å². The van der Waals surface area contributed by atoms with Gasteiger partial charge in [0, 0.05) is 43.4 Å². The van der Waals surface area contributed by atoms with Crippen LogP contribution in [0, 0.1) is 18.6 Å². The standard InChI is InChI=1S/C36H47F2N3O3/c1-5-8-10-26-11-9-12-27(17-26)23-39-24-34(42)33(20-28-18-31(37)22-32(38)19-28)40-35(43)29-15-25(4)16-30(21-29)36(44)41(13-6-2)14-7-3/h9,11-12,15-19,21-22,33-34,39,42H,5-8,10,13-14,20,23-24H2,1-4H3,(H,40,43)/t33-,34+/m0/s1. The molecule has 0 radical (unpaired) electrons. The van der Waals surface area contributed by atoms with Crippen LogP contribution in [0.4, 0.5) is 8.78 Å². The maximum Gasteiger partial charge on any atom is 0.253 e. The molecule has 0 saturated carbocycles. The number of amides is 2. The van der Waals surface area contributed by atoms with Gasteiger partial charge in [-0.05, 0) is 91.6 Å². The van der Waals surface area contributed by atoms with Crippen LogP contribution in [-0.2, 0) is 19.4 Å². The molecular weight excluding hydrogens is 560 g/mol. The maximum absolute atomic E-state index is 14.0. The molecule has 238 valence electrons. The van der Waals surface area contributed by atoms with E-state index in [2.05, 4.69) is 29.7 Å². The monoisotopic (exact) mass is 607 g/mol. The largest absolute Gasteiger partial charge is 0.390 e. The van der Waals surface area contributed by atoms with Crippen LogP contribution in [0.1, 0.15) is 89.4 Å². The number of carbonyl (C=O) groups excluding carboxylic acids is 2. The number of nitrogens with zero attached hydrogens (tertiary/aromatic N) is 1. The molecule has 3 N–H and O–H groups in total. The quantitative estimate of drug-likeness (QED) is 0.167. The Labute approximate surface area is 260 Å². The van der Waals surface area contributed by atoms with E-state index < -0.39 is 29.7 Å². The Bertz CT molecular complexity index is 1350. The van der Waals surface area contributed by atoms with Crippen LogP contribution >= 0.6 is 0 Å². The average Bonchev–Trinajstić information content (AvgIpc) is 2.98. The molecule has 0 aliphatic carbocycles. The minimum Gasteiger partial charge on any atom is -0.390 e. The first-order chi connectivity index (χ1) is 21.1. The van der Waals surface area contributed by atoms with Gasteiger partial charge >= 0.3 is 0 Å². The van der Waals surface area contributed by atoms with Gasteiger partial charge in [-0.2, -0.15) is 0 Å². The van der Waals surface area contributed by atoms with Gasteiger partial charge in [0.15, 0.2) is 0 Å². The number of aliphatic hydroxyl groups excluding tert-OH is 1. The van der Waals surface area contributed by atoms with Gasteiger partial charge in [0.05, 0.1) is 12.1 Å². The highest BCUT2D eigenvalue weighted by molar-refractivity contribution is 6.00. The third-order valence-corrected chi connectivity index (χ3v) is 7.51. The van der Waals surface area contributed by atoms with Crippen molar-refractivity contribution in [3.05, 3.63) is 106 Å². The number of nitrogens with one attached hydrogen (secondary N) is 2. The molecule has 6 nitrogen and oxygen atoms in total. The molecule has 0 fully saturated rings. The van der Waals surface area contributed by atoms with E-state index in [4.69, 9.17) is 0 Å². The summed E-state index contributed by atoms with van der Waals surface area (Å²) in [4.78, 5) is 28.6. The van der Waals surface area contributed by atoms with Gasteiger partial charge in [0.25, 0.3) is 11.8 Å². The molecule has 3 aromatic carbocycles. The minimum absolute atomic E-state index is 0.00809. The SMILES string of the molecule is CCCCc1cccc(CNC[C@@H](O)[C@H](Cc2cc(F)cc(F)c2)NC(=O)c2cc(C)cc(C(=O)N(CCC)CCC)c2)c1. The molecule has 0 heterocycles. The molecule has 0 bridgehead atoms. The fourth-order valence-electron chi connectivity index (χ4n) is 5.38. The molecule has 3 aromatic rings. The van der Waals surface area contributed by atoms with Crippen LogP contribution in [-0.4, -0.2) is 53.6 Å². The van der Waals surface area contributed by atoms with Gasteiger partial charge < -0.3 is 20.6 Å². The average molecular weight is 608 g/mol. The fourth-order valence-corrected chi connectivity index (χ4v) is 5.38. The van der Waals surface area contributed by atoms with Crippen molar-refractivity contribution >= 4 is 11.8 Å². The van der Waals surface area contributed by atoms with Crippen molar-refractivity contribution in [1.82, 2.24) is 15.5 Å². The molecule has 0 aromatic heterocycles. The van der Waals surface area contributed by atoms with E-state index in [0.29, 0.717) is 30.8 Å². The van der Waals surface area contributed by atoms with E-state index in [1.807, 2.05) is 32.9 Å². The van der Waals surface area contributed by atoms with E-state index in [9.17, 15) is 23.5 Å². The molecule has 0 aliphatic heterocycles. The molecule has 0 unspecified atom stereocenters. The van der Waals surface area contributed by atoms with Crippen molar-refractivity contribution < 1.29 is 23.5 Å². The van der Waals surface area contributed by atoms with E-state index in [1.165, 1.54) is 17.7 Å². The van der Waals surface area contributed by atoms with Crippen molar-refractivity contribution in [2.75, 3.05) is 19.6 Å². The summed E-state index contributed by atoms with van der Waals surface area (Å²) in [6.07, 6.45) is 3.83. The highest BCUT2D eigenvalue weighted by Crippen LogP contribution is 2.16. The van der Waals surface area contributed by atoms with Crippen molar-refractivity contribution in [1.29, 1.82) is 0 Å². The second-order valence-corrected chi connectivity index (χ2v) is 11.6. The number of aryl methyl sites for hydroxylation is 2. The summed E-state index contributed by atoms with van der Waals surface area (Å²) in [7, 11) is 0. The van der Waals surface area contributed by atoms with Crippen LogP contribution in [0.2, 0.25) is 0 Å². The Kier molecular flexibility index (Phi) is 14.0. The fraction of sp³-hybridized carbons (Fsp3) is 0.444. The molecule has 44 heavy (non-hydrogen) atoms. The Morgan fingerprint density at radius 3 is 2.16 bits per heavy atom. The summed E-state index contributed by atoms with van der Waals surface area (Å²) in [6.45, 7) is 9.91. The van der Waals surface area contributed by atoms with Crippen molar-refractivity contribution in [3.8, 4) is 0 Å². The normalized spacial score (nSPS) is 12.5. The summed E-state index contributed by atoms with van der Waals surface area (Å²) < 4.78 is 28.0. The predicted molar refractivity (Wildman–Crippen MR) is 172 cm³/mol. The first-order valence-corrected chi connectivity index (χ1v) is 15.8. The maximum atomic E-state index is 14.0. The first-order valence-electron chi connectivity index (χ1n) is 15.8. The molecule has 0 spiro atoms. The van der Waals surface area contributed by atoms with Crippen LogP contribution in [0.25, 0.3) is 0 Å². The summed E-state index contributed by atoms with van der Waals surface area (Å²) >= 11 is 0. The Morgan fingerprint density at radius 1 is 0.841 bits per heavy atom. The molecular formula is C36H47F2N3O3. The topological polar surface area (TPSA) is 81.7 Å². The lowest BCUT2D eigenvalue weighted by Crippen LogP contribution is -2.48. The zero-order valence-electron chi connectivity index (χ0n) is 26.5. The smallest absolute Gasteiger partial charge is 0.253 e. The number of halogens is 2. The van der Waals surface area contributed by atoms with Crippen molar-refractivity contribution in [2.24, 2.45) is 0 Å². The van der Waals surface area contributed by atoms with E-state index in [-0.39, 0.29) is 24.4 Å². The summed E-state index contributed by atoms with van der Waals surface area (Å²) in [6, 6.07) is 15.6. The van der Waals surface area contributed by atoms with Crippen LogP contribution in [0.5, 0.6) is 0 Å². The first kappa shape index (κ1) is 34.9. The number of rotatable bonds is 17. The highest BCUT2D eigenvalue weighted by atomic mass is 19.1. The number of hydrogen-bond acceptors (Lipinski definition) is 4. The number of benzene rings is 3. The van der Waals surface area contributed by atoms with Crippen molar-refractivity contribution in [3.63, 3.8) is 0 Å². The van der Waals surface area contributed by atoms with E-state index in [0.717, 1.165) is 49.3 Å². The van der Waals surface area contributed by atoms with Crippen LogP contribution < -0.4 is 10.6 Å². The zero-order valence-corrected chi connectivity index (χ0v) is 26.5. The van der Waals surface area contributed by atoms with Gasteiger partial charge in [-0.3, -0.25) is 9.59 Å². The Hall–Kier alpha value is -3.62. The van der Waals surface area contributed by atoms with Gasteiger partial charge in [0.2, 0.25) is 0 Å². The van der Waals surface area contributed by atoms with E-state index >= 15 is 0 Å². The number of aliphatic hydroxyl groups is 1. The van der Waals surface area contributed by atoms with Gasteiger partial charge in [-0.15, -0.1) is 0 Å². The van der Waals surface area contributed by atoms with E-state index in [1.54, 1.807) is 23.1 Å². The lowest BCUT2D eigenvalue weighted by atomic mass is 9.99. The predicted octanol–water partition coefficient (Wildman–Crippen LogP) is 6.37. The second-order valence-electron chi connectivity index (χ2n) is 11.6. The molecule has 3 rings (SSSR count).